The molecule has 0 aliphatic carbocycles. The molecule has 2 aromatic rings. The van der Waals surface area contributed by atoms with Gasteiger partial charge in [0.05, 0.1) is 11.1 Å². The number of aromatic nitrogens is 2. The van der Waals surface area contributed by atoms with Gasteiger partial charge in [0, 0.05) is 23.3 Å². The van der Waals surface area contributed by atoms with Crippen molar-refractivity contribution in [2.45, 2.75) is 31.6 Å². The highest BCUT2D eigenvalue weighted by molar-refractivity contribution is 6.17. The molecular formula is C15H14ClF6N3. The minimum absolute atomic E-state index is 0.0767. The SMILES string of the molecule is FC(F)(F)c1cc(Nc2cc(CCCCCl)[nH]n2)cc(C(F)(F)F)c1. The van der Waals surface area contributed by atoms with Crippen LogP contribution in [0.5, 0.6) is 0 Å². The molecule has 0 fully saturated rings. The maximum absolute atomic E-state index is 12.8. The van der Waals surface area contributed by atoms with Crippen LogP contribution in [0.1, 0.15) is 29.7 Å². The van der Waals surface area contributed by atoms with Gasteiger partial charge >= 0.3 is 12.4 Å². The molecule has 3 nitrogen and oxygen atoms in total. The van der Waals surface area contributed by atoms with Gasteiger partial charge in [-0.25, -0.2) is 0 Å². The average molecular weight is 386 g/mol. The van der Waals surface area contributed by atoms with Crippen LogP contribution in [0.15, 0.2) is 24.3 Å². The standard InChI is InChI=1S/C15H14ClF6N3/c16-4-2-1-3-11-8-13(25-24-11)23-12-6-9(14(17,18)19)5-10(7-12)15(20,21)22/h5-8H,1-4H2,(H2,23,24,25). The minimum Gasteiger partial charge on any atom is -0.339 e. The third-order valence-corrected chi connectivity index (χ3v) is 3.59. The second-order valence-electron chi connectivity index (χ2n) is 5.34. The molecule has 10 heteroatoms. The van der Waals surface area contributed by atoms with Crippen LogP contribution in [0, 0.1) is 0 Å². The highest BCUT2D eigenvalue weighted by Gasteiger charge is 2.37. The quantitative estimate of drug-likeness (QED) is 0.377. The van der Waals surface area contributed by atoms with Gasteiger partial charge in [-0.3, -0.25) is 5.10 Å². The van der Waals surface area contributed by atoms with Crippen LogP contribution in [0.25, 0.3) is 0 Å². The van der Waals surface area contributed by atoms with Gasteiger partial charge in [0.15, 0.2) is 5.82 Å². The Morgan fingerprint density at radius 1 is 0.920 bits per heavy atom. The number of hydrogen-bond acceptors (Lipinski definition) is 2. The molecule has 0 radical (unpaired) electrons. The number of nitrogens with one attached hydrogen (secondary N) is 2. The van der Waals surface area contributed by atoms with Crippen LogP contribution in [-0.4, -0.2) is 16.1 Å². The summed E-state index contributed by atoms with van der Waals surface area (Å²) in [7, 11) is 0. The number of halogens is 7. The van der Waals surface area contributed by atoms with Crippen LogP contribution in [0.4, 0.5) is 37.8 Å². The van der Waals surface area contributed by atoms with E-state index in [9.17, 15) is 26.3 Å². The number of rotatable bonds is 6. The Balaban J connectivity index is 2.24. The van der Waals surface area contributed by atoms with Gasteiger partial charge in [-0.05, 0) is 37.5 Å². The summed E-state index contributed by atoms with van der Waals surface area (Å²) in [5, 5.41) is 8.99. The van der Waals surface area contributed by atoms with Gasteiger partial charge in [-0.1, -0.05) is 0 Å². The fourth-order valence-electron chi connectivity index (χ4n) is 2.14. The number of nitrogens with zero attached hydrogens (tertiary/aromatic N) is 1. The molecule has 2 rings (SSSR count). The molecule has 0 saturated heterocycles. The van der Waals surface area contributed by atoms with Crippen LogP contribution < -0.4 is 5.32 Å². The lowest BCUT2D eigenvalue weighted by Crippen LogP contribution is -2.11. The molecule has 0 amide bonds. The maximum atomic E-state index is 12.8. The average Bonchev–Trinajstić information content (AvgIpc) is 2.93. The van der Waals surface area contributed by atoms with Gasteiger partial charge in [-0.15, -0.1) is 11.6 Å². The van der Waals surface area contributed by atoms with Crippen molar-refractivity contribution >= 4 is 23.1 Å². The van der Waals surface area contributed by atoms with E-state index >= 15 is 0 Å². The number of aromatic amines is 1. The summed E-state index contributed by atoms with van der Waals surface area (Å²) in [6.07, 6.45) is -7.59. The van der Waals surface area contributed by atoms with Crippen LogP contribution >= 0.6 is 11.6 Å². The normalized spacial score (nSPS) is 12.4. The minimum atomic E-state index is -4.89. The molecule has 0 bridgehead atoms. The van der Waals surface area contributed by atoms with E-state index in [1.807, 2.05) is 0 Å². The summed E-state index contributed by atoms with van der Waals surface area (Å²) in [5.41, 5.74) is -2.41. The Morgan fingerprint density at radius 3 is 2.04 bits per heavy atom. The van der Waals surface area contributed by atoms with Crippen molar-refractivity contribution in [1.29, 1.82) is 0 Å². The fraction of sp³-hybridized carbons (Fsp3) is 0.400. The number of aryl methyl sites for hydroxylation is 1. The number of anilines is 2. The molecule has 0 aliphatic heterocycles. The van der Waals surface area contributed by atoms with Crippen LogP contribution in [-0.2, 0) is 18.8 Å². The Labute approximate surface area is 144 Å². The highest BCUT2D eigenvalue weighted by Crippen LogP contribution is 2.38. The molecule has 0 saturated carbocycles. The smallest absolute Gasteiger partial charge is 0.339 e. The molecule has 1 heterocycles. The second-order valence-corrected chi connectivity index (χ2v) is 5.72. The first-order valence-electron chi connectivity index (χ1n) is 7.26. The van der Waals surface area contributed by atoms with Crippen molar-refractivity contribution < 1.29 is 26.3 Å². The molecule has 25 heavy (non-hydrogen) atoms. The van der Waals surface area contributed by atoms with Crippen molar-refractivity contribution in [2.75, 3.05) is 11.2 Å². The molecule has 1 aromatic heterocycles. The van der Waals surface area contributed by atoms with Crippen molar-refractivity contribution in [3.63, 3.8) is 0 Å². The van der Waals surface area contributed by atoms with E-state index in [4.69, 9.17) is 11.6 Å². The highest BCUT2D eigenvalue weighted by atomic mass is 35.5. The first-order chi connectivity index (χ1) is 11.6. The Bertz CT molecular complexity index is 676. The lowest BCUT2D eigenvalue weighted by Gasteiger charge is -2.14. The van der Waals surface area contributed by atoms with E-state index in [0.717, 1.165) is 12.8 Å². The van der Waals surface area contributed by atoms with Gasteiger partial charge in [0.1, 0.15) is 0 Å². The lowest BCUT2D eigenvalue weighted by molar-refractivity contribution is -0.143. The number of hydrogen-bond donors (Lipinski definition) is 2. The van der Waals surface area contributed by atoms with E-state index in [1.54, 1.807) is 0 Å². The predicted molar refractivity (Wildman–Crippen MR) is 82.0 cm³/mol. The molecule has 2 N–H and O–H groups in total. The van der Waals surface area contributed by atoms with Crippen molar-refractivity contribution in [3.05, 3.63) is 41.1 Å². The van der Waals surface area contributed by atoms with E-state index in [2.05, 4.69) is 15.5 Å². The zero-order valence-electron chi connectivity index (χ0n) is 12.7. The largest absolute Gasteiger partial charge is 0.416 e. The lowest BCUT2D eigenvalue weighted by atomic mass is 10.1. The number of unbranched alkanes of at least 4 members (excludes halogenated alkanes) is 1. The van der Waals surface area contributed by atoms with Crippen LogP contribution in [0.2, 0.25) is 0 Å². The zero-order valence-corrected chi connectivity index (χ0v) is 13.5. The van der Waals surface area contributed by atoms with Crippen molar-refractivity contribution in [1.82, 2.24) is 10.2 Å². The van der Waals surface area contributed by atoms with Gasteiger partial charge in [0.25, 0.3) is 0 Å². The third-order valence-electron chi connectivity index (χ3n) is 3.32. The zero-order chi connectivity index (χ0) is 18.7. The van der Waals surface area contributed by atoms with Gasteiger partial charge < -0.3 is 5.32 Å². The summed E-state index contributed by atoms with van der Waals surface area (Å²) in [6, 6.07) is 2.82. The Kier molecular flexibility index (Phi) is 5.87. The molecule has 1 aromatic carbocycles. The van der Waals surface area contributed by atoms with E-state index in [0.29, 0.717) is 30.1 Å². The predicted octanol–water partition coefficient (Wildman–Crippen LogP) is 5.75. The van der Waals surface area contributed by atoms with Crippen LogP contribution in [0.3, 0.4) is 0 Å². The van der Waals surface area contributed by atoms with Gasteiger partial charge in [0.2, 0.25) is 0 Å². The van der Waals surface area contributed by atoms with Crippen molar-refractivity contribution in [3.8, 4) is 0 Å². The van der Waals surface area contributed by atoms with E-state index < -0.39 is 23.5 Å². The molecular weight excluding hydrogens is 372 g/mol. The summed E-state index contributed by atoms with van der Waals surface area (Å²) >= 11 is 5.56. The number of H-pyrrole nitrogens is 1. The summed E-state index contributed by atoms with van der Waals surface area (Å²) in [4.78, 5) is 0. The monoisotopic (exact) mass is 385 g/mol. The Morgan fingerprint density at radius 2 is 1.52 bits per heavy atom. The molecule has 0 unspecified atom stereocenters. The fourth-order valence-corrected chi connectivity index (χ4v) is 2.33. The molecule has 0 atom stereocenters. The topological polar surface area (TPSA) is 40.7 Å². The first-order valence-corrected chi connectivity index (χ1v) is 7.80. The number of benzene rings is 1. The molecule has 138 valence electrons. The van der Waals surface area contributed by atoms with Crippen molar-refractivity contribution in [2.24, 2.45) is 0 Å². The van der Waals surface area contributed by atoms with E-state index in [-0.39, 0.29) is 17.6 Å². The summed E-state index contributed by atoms with van der Waals surface area (Å²) < 4.78 is 76.9. The number of alkyl halides is 7. The summed E-state index contributed by atoms with van der Waals surface area (Å²) in [5.74, 6) is 0.636. The maximum Gasteiger partial charge on any atom is 0.416 e. The third kappa shape index (κ3) is 5.55. The van der Waals surface area contributed by atoms with E-state index in [1.165, 1.54) is 6.07 Å². The Hall–Kier alpha value is -1.90. The summed E-state index contributed by atoms with van der Waals surface area (Å²) in [6.45, 7) is 0. The van der Waals surface area contributed by atoms with Gasteiger partial charge in [-0.2, -0.15) is 31.4 Å². The molecule has 0 aliphatic rings. The second kappa shape index (κ2) is 7.55. The first kappa shape index (κ1) is 19.4. The molecule has 0 spiro atoms.